The lowest BCUT2D eigenvalue weighted by atomic mass is 9.92. The first-order valence-electron chi connectivity index (χ1n) is 8.24. The topological polar surface area (TPSA) is 122 Å². The Bertz CT molecular complexity index is 1180. The molecule has 1 atom stereocenters. The number of aromatic amines is 1. The first-order chi connectivity index (χ1) is 13.2. The van der Waals surface area contributed by atoms with Crippen molar-refractivity contribution >= 4 is 11.6 Å². The highest BCUT2D eigenvalue weighted by molar-refractivity contribution is 5.75. The first-order valence-corrected chi connectivity index (χ1v) is 8.24. The van der Waals surface area contributed by atoms with Gasteiger partial charge < -0.3 is 10.4 Å². The molecule has 0 fully saturated rings. The number of phenolic OH excluding ortho intramolecular Hbond substituents is 1. The van der Waals surface area contributed by atoms with Gasteiger partial charge in [-0.3, -0.25) is 4.79 Å². The molecule has 0 amide bonds. The van der Waals surface area contributed by atoms with E-state index >= 15 is 0 Å². The van der Waals surface area contributed by atoms with Crippen LogP contribution in [-0.4, -0.2) is 35.5 Å². The summed E-state index contributed by atoms with van der Waals surface area (Å²) in [4.78, 5) is 12.5. The lowest BCUT2D eigenvalue weighted by Crippen LogP contribution is -2.29. The van der Waals surface area contributed by atoms with E-state index in [9.17, 15) is 9.90 Å². The number of fused-ring (bicyclic) bond motifs is 2. The van der Waals surface area contributed by atoms with Crippen LogP contribution in [0, 0.1) is 0 Å². The highest BCUT2D eigenvalue weighted by Crippen LogP contribution is 2.40. The zero-order chi connectivity index (χ0) is 18.4. The molecule has 3 N–H and O–H groups in total. The highest BCUT2D eigenvalue weighted by Gasteiger charge is 2.34. The van der Waals surface area contributed by atoms with Crippen molar-refractivity contribution in [3.8, 4) is 17.0 Å². The highest BCUT2D eigenvalue weighted by atomic mass is 16.3. The summed E-state index contributed by atoms with van der Waals surface area (Å²) in [5.41, 5.74) is 2.90. The van der Waals surface area contributed by atoms with E-state index in [2.05, 4.69) is 31.0 Å². The van der Waals surface area contributed by atoms with Crippen LogP contribution in [-0.2, 0) is 0 Å². The Morgan fingerprint density at radius 2 is 1.81 bits per heavy atom. The molecule has 2 aromatic carbocycles. The summed E-state index contributed by atoms with van der Waals surface area (Å²) >= 11 is 0. The molecule has 9 nitrogen and oxygen atoms in total. The molecule has 1 aliphatic rings. The molecular formula is C18H13N7O2. The van der Waals surface area contributed by atoms with Crippen LogP contribution in [0.15, 0.2) is 59.4 Å². The minimum absolute atomic E-state index is 0.150. The van der Waals surface area contributed by atoms with Crippen LogP contribution in [0.2, 0.25) is 0 Å². The van der Waals surface area contributed by atoms with E-state index in [0.29, 0.717) is 22.9 Å². The predicted octanol–water partition coefficient (Wildman–Crippen LogP) is 1.82. The zero-order valence-corrected chi connectivity index (χ0v) is 13.9. The number of hydrogen-bond donors (Lipinski definition) is 3. The first kappa shape index (κ1) is 15.3. The van der Waals surface area contributed by atoms with Gasteiger partial charge in [-0.25, -0.2) is 5.10 Å². The summed E-state index contributed by atoms with van der Waals surface area (Å²) in [5, 5.41) is 31.2. The fourth-order valence-corrected chi connectivity index (χ4v) is 3.32. The second-order valence-corrected chi connectivity index (χ2v) is 6.12. The molecule has 3 heterocycles. The zero-order valence-electron chi connectivity index (χ0n) is 13.9. The van der Waals surface area contributed by atoms with E-state index in [1.54, 1.807) is 28.9 Å². The van der Waals surface area contributed by atoms with Crippen molar-refractivity contribution in [3.05, 3.63) is 76.1 Å². The predicted molar refractivity (Wildman–Crippen MR) is 96.7 cm³/mol. The molecule has 0 bridgehead atoms. The molecule has 0 radical (unpaired) electrons. The number of rotatable bonds is 2. The van der Waals surface area contributed by atoms with Gasteiger partial charge in [0.2, 0.25) is 5.95 Å². The molecule has 0 saturated heterocycles. The van der Waals surface area contributed by atoms with Gasteiger partial charge in [0.15, 0.2) is 0 Å². The minimum Gasteiger partial charge on any atom is -0.508 e. The molecule has 0 unspecified atom stereocenters. The van der Waals surface area contributed by atoms with Crippen molar-refractivity contribution in [1.82, 2.24) is 30.4 Å². The van der Waals surface area contributed by atoms with Gasteiger partial charge in [-0.2, -0.15) is 9.78 Å². The number of nitrogens with zero attached hydrogens (tertiary/aromatic N) is 5. The molecule has 4 aromatic rings. The molecule has 132 valence electrons. The number of aromatic nitrogens is 6. The fourth-order valence-electron chi connectivity index (χ4n) is 3.32. The second-order valence-electron chi connectivity index (χ2n) is 6.12. The van der Waals surface area contributed by atoms with Crippen LogP contribution in [0.3, 0.4) is 0 Å². The van der Waals surface area contributed by atoms with Gasteiger partial charge in [0.1, 0.15) is 17.5 Å². The largest absolute Gasteiger partial charge is 0.508 e. The summed E-state index contributed by atoms with van der Waals surface area (Å²) in [5.74, 6) is 0.530. The van der Waals surface area contributed by atoms with Gasteiger partial charge in [-0.05, 0) is 40.3 Å². The Kier molecular flexibility index (Phi) is 3.26. The van der Waals surface area contributed by atoms with Crippen LogP contribution in [0.4, 0.5) is 11.6 Å². The third-order valence-corrected chi connectivity index (χ3v) is 4.52. The van der Waals surface area contributed by atoms with Gasteiger partial charge in [0.25, 0.3) is 5.56 Å². The van der Waals surface area contributed by atoms with Crippen LogP contribution >= 0.6 is 0 Å². The Morgan fingerprint density at radius 3 is 2.59 bits per heavy atom. The van der Waals surface area contributed by atoms with Gasteiger partial charge >= 0.3 is 0 Å². The number of aromatic hydroxyl groups is 1. The van der Waals surface area contributed by atoms with E-state index in [4.69, 9.17) is 0 Å². The van der Waals surface area contributed by atoms with Gasteiger partial charge in [0, 0.05) is 11.1 Å². The van der Waals surface area contributed by atoms with E-state index < -0.39 is 6.04 Å². The number of nitrogens with one attached hydrogen (secondary N) is 2. The number of hydrogen-bond acceptors (Lipinski definition) is 7. The smallest absolute Gasteiger partial charge is 0.288 e. The van der Waals surface area contributed by atoms with Crippen molar-refractivity contribution in [2.24, 2.45) is 0 Å². The maximum absolute atomic E-state index is 12.5. The van der Waals surface area contributed by atoms with Crippen molar-refractivity contribution in [3.63, 3.8) is 0 Å². The van der Waals surface area contributed by atoms with E-state index in [-0.39, 0.29) is 11.3 Å². The average molecular weight is 359 g/mol. The maximum Gasteiger partial charge on any atom is 0.288 e. The molecular weight excluding hydrogens is 346 g/mol. The molecule has 27 heavy (non-hydrogen) atoms. The number of H-pyrrole nitrogens is 1. The van der Waals surface area contributed by atoms with Crippen molar-refractivity contribution < 1.29 is 5.11 Å². The Hall–Kier alpha value is -4.01. The Morgan fingerprint density at radius 1 is 1.04 bits per heavy atom. The molecule has 1 aliphatic heterocycles. The molecule has 0 saturated carbocycles. The fraction of sp³-hybridized carbons (Fsp3) is 0.0556. The summed E-state index contributed by atoms with van der Waals surface area (Å²) in [6.45, 7) is 0. The van der Waals surface area contributed by atoms with Gasteiger partial charge in [-0.15, -0.1) is 0 Å². The van der Waals surface area contributed by atoms with Gasteiger partial charge in [0.05, 0.1) is 5.69 Å². The van der Waals surface area contributed by atoms with E-state index in [1.165, 1.54) is 0 Å². The summed E-state index contributed by atoms with van der Waals surface area (Å²) < 4.78 is 1.63. The van der Waals surface area contributed by atoms with Crippen LogP contribution in [0.1, 0.15) is 17.2 Å². The minimum atomic E-state index is -0.425. The average Bonchev–Trinajstić information content (AvgIpc) is 3.17. The lowest BCUT2D eigenvalue weighted by Gasteiger charge is -2.27. The maximum atomic E-state index is 12.5. The third kappa shape index (κ3) is 2.36. The number of phenols is 1. The number of tetrazole rings is 1. The molecule has 9 heteroatoms. The molecule has 5 rings (SSSR count). The van der Waals surface area contributed by atoms with Gasteiger partial charge in [-0.1, -0.05) is 35.4 Å². The van der Waals surface area contributed by atoms with E-state index in [1.807, 2.05) is 30.3 Å². The Labute approximate surface area is 152 Å². The summed E-state index contributed by atoms with van der Waals surface area (Å²) in [7, 11) is 0. The van der Waals surface area contributed by atoms with Crippen LogP contribution in [0.5, 0.6) is 5.75 Å². The monoisotopic (exact) mass is 359 g/mol. The van der Waals surface area contributed by atoms with E-state index in [0.717, 1.165) is 11.1 Å². The molecule has 0 aliphatic carbocycles. The normalized spacial score (nSPS) is 14.9. The Balaban J connectivity index is 1.82. The molecule has 2 aromatic heterocycles. The summed E-state index contributed by atoms with van der Waals surface area (Å²) in [6, 6.07) is 15.9. The standard InChI is InChI=1S/C18H13N7O2/c26-12-8-6-10(7-9-12)14-13-15(17(27)21-20-14)19-18-22-23-24-25(18)16(13)11-4-2-1-3-5-11/h1-9,16,26H,(H,21,27)(H,19,22,24)/t16-/m1/s1. The third-order valence-electron chi connectivity index (χ3n) is 4.52. The number of anilines is 2. The second kappa shape index (κ2) is 5.77. The van der Waals surface area contributed by atoms with Crippen molar-refractivity contribution in [2.75, 3.05) is 5.32 Å². The van der Waals surface area contributed by atoms with Crippen LogP contribution in [0.25, 0.3) is 11.3 Å². The lowest BCUT2D eigenvalue weighted by molar-refractivity contribution is 0.475. The SMILES string of the molecule is O=c1[nH]nc(-c2ccc(O)cc2)c2c1Nc1nnnn1[C@@H]2c1ccccc1. The van der Waals surface area contributed by atoms with Crippen molar-refractivity contribution in [2.45, 2.75) is 6.04 Å². The number of benzene rings is 2. The summed E-state index contributed by atoms with van der Waals surface area (Å²) in [6.07, 6.45) is 0. The van der Waals surface area contributed by atoms with Crippen molar-refractivity contribution in [1.29, 1.82) is 0 Å². The molecule has 0 spiro atoms. The van der Waals surface area contributed by atoms with Crippen LogP contribution < -0.4 is 10.9 Å². The quantitative estimate of drug-likeness (QED) is 0.439.